The Bertz CT molecular complexity index is 572. The van der Waals surface area contributed by atoms with E-state index in [0.717, 1.165) is 19.4 Å². The van der Waals surface area contributed by atoms with Crippen molar-refractivity contribution in [2.24, 2.45) is 0 Å². The monoisotopic (exact) mass is 277 g/mol. The number of amides is 1. The third-order valence-corrected chi connectivity index (χ3v) is 3.18. The van der Waals surface area contributed by atoms with Gasteiger partial charge in [-0.05, 0) is 25.8 Å². The van der Waals surface area contributed by atoms with Gasteiger partial charge in [0, 0.05) is 6.61 Å². The molecule has 0 saturated carbocycles. The molecular formula is C13H15N3O4. The molecule has 7 heteroatoms. The van der Waals surface area contributed by atoms with Gasteiger partial charge in [-0.1, -0.05) is 5.16 Å². The van der Waals surface area contributed by atoms with Gasteiger partial charge in [-0.3, -0.25) is 4.79 Å². The van der Waals surface area contributed by atoms with Crippen LogP contribution < -0.4 is 5.32 Å². The van der Waals surface area contributed by atoms with E-state index >= 15 is 0 Å². The van der Waals surface area contributed by atoms with Gasteiger partial charge >= 0.3 is 0 Å². The standard InChI is InChI=1S/C13H15N3O4/c1-8(14-12(17)9-4-6-18-7-9)13-15-11(16-20-13)10-3-2-5-19-10/h4,6-8,10H,2-3,5H2,1H3,(H,14,17)/t8-,10-/m0/s1. The van der Waals surface area contributed by atoms with Crippen LogP contribution >= 0.6 is 0 Å². The van der Waals surface area contributed by atoms with Crippen molar-refractivity contribution in [3.8, 4) is 0 Å². The fraction of sp³-hybridized carbons (Fsp3) is 0.462. The molecule has 0 aliphatic carbocycles. The summed E-state index contributed by atoms with van der Waals surface area (Å²) in [7, 11) is 0. The second-order valence-electron chi connectivity index (χ2n) is 4.70. The van der Waals surface area contributed by atoms with E-state index in [0.29, 0.717) is 17.3 Å². The Balaban J connectivity index is 1.65. The number of rotatable bonds is 4. The van der Waals surface area contributed by atoms with Gasteiger partial charge in [-0.15, -0.1) is 0 Å². The topological polar surface area (TPSA) is 90.4 Å². The molecule has 1 aliphatic rings. The smallest absolute Gasteiger partial charge is 0.255 e. The zero-order valence-electron chi connectivity index (χ0n) is 11.0. The average Bonchev–Trinajstić information content (AvgIpc) is 3.19. The second-order valence-corrected chi connectivity index (χ2v) is 4.70. The molecule has 1 saturated heterocycles. The maximum absolute atomic E-state index is 11.9. The number of carbonyl (C=O) groups excluding carboxylic acids is 1. The van der Waals surface area contributed by atoms with Crippen LogP contribution in [-0.2, 0) is 4.74 Å². The molecule has 3 rings (SSSR count). The van der Waals surface area contributed by atoms with Crippen LogP contribution in [0.3, 0.4) is 0 Å². The highest BCUT2D eigenvalue weighted by Gasteiger charge is 2.25. The summed E-state index contributed by atoms with van der Waals surface area (Å²) >= 11 is 0. The van der Waals surface area contributed by atoms with Crippen molar-refractivity contribution < 1.29 is 18.5 Å². The molecule has 1 amide bonds. The van der Waals surface area contributed by atoms with Crippen LogP contribution in [-0.4, -0.2) is 22.7 Å². The predicted octanol–water partition coefficient (Wildman–Crippen LogP) is 2.01. The lowest BCUT2D eigenvalue weighted by molar-refractivity contribution is 0.0931. The van der Waals surface area contributed by atoms with Gasteiger partial charge in [0.1, 0.15) is 18.4 Å². The molecule has 0 unspecified atom stereocenters. The predicted molar refractivity (Wildman–Crippen MR) is 66.8 cm³/mol. The van der Waals surface area contributed by atoms with Crippen molar-refractivity contribution in [1.29, 1.82) is 0 Å². The summed E-state index contributed by atoms with van der Waals surface area (Å²) in [4.78, 5) is 16.2. The molecule has 0 bridgehead atoms. The fourth-order valence-corrected chi connectivity index (χ4v) is 2.07. The Morgan fingerprint density at radius 2 is 2.45 bits per heavy atom. The largest absolute Gasteiger partial charge is 0.472 e. The van der Waals surface area contributed by atoms with Crippen LogP contribution in [0, 0.1) is 0 Å². The first kappa shape index (κ1) is 12.9. The summed E-state index contributed by atoms with van der Waals surface area (Å²) in [6.45, 7) is 2.51. The number of hydrogen-bond donors (Lipinski definition) is 1. The Morgan fingerprint density at radius 1 is 1.55 bits per heavy atom. The average molecular weight is 277 g/mol. The minimum atomic E-state index is -0.375. The van der Waals surface area contributed by atoms with Crippen LogP contribution in [0.15, 0.2) is 27.5 Å². The zero-order chi connectivity index (χ0) is 13.9. The highest BCUT2D eigenvalue weighted by atomic mass is 16.5. The van der Waals surface area contributed by atoms with Gasteiger partial charge in [0.05, 0.1) is 11.8 Å². The molecule has 0 spiro atoms. The van der Waals surface area contributed by atoms with E-state index in [1.165, 1.54) is 12.5 Å². The Hall–Kier alpha value is -2.15. The molecule has 2 aromatic rings. The Morgan fingerprint density at radius 3 is 3.15 bits per heavy atom. The van der Waals surface area contributed by atoms with E-state index in [2.05, 4.69) is 15.5 Å². The zero-order valence-corrected chi connectivity index (χ0v) is 11.0. The third kappa shape index (κ3) is 2.57. The number of furan rings is 1. The van der Waals surface area contributed by atoms with Crippen molar-refractivity contribution in [1.82, 2.24) is 15.5 Å². The molecule has 2 aromatic heterocycles. The molecule has 1 fully saturated rings. The lowest BCUT2D eigenvalue weighted by Gasteiger charge is -2.08. The van der Waals surface area contributed by atoms with Crippen LogP contribution in [0.1, 0.15) is 54.0 Å². The van der Waals surface area contributed by atoms with Gasteiger partial charge in [0.25, 0.3) is 5.91 Å². The number of aromatic nitrogens is 2. The fourth-order valence-electron chi connectivity index (χ4n) is 2.07. The Labute approximate surface area is 115 Å². The first-order valence-corrected chi connectivity index (χ1v) is 6.52. The van der Waals surface area contributed by atoms with E-state index < -0.39 is 0 Å². The Kier molecular flexibility index (Phi) is 3.51. The van der Waals surface area contributed by atoms with E-state index in [4.69, 9.17) is 13.7 Å². The minimum Gasteiger partial charge on any atom is -0.472 e. The normalized spacial score (nSPS) is 19.9. The van der Waals surface area contributed by atoms with Crippen LogP contribution in [0.25, 0.3) is 0 Å². The maximum atomic E-state index is 11.9. The summed E-state index contributed by atoms with van der Waals surface area (Å²) in [6.07, 6.45) is 4.63. The number of nitrogens with one attached hydrogen (secondary N) is 1. The first-order chi connectivity index (χ1) is 9.74. The van der Waals surface area contributed by atoms with Gasteiger partial charge in [-0.25, -0.2) is 0 Å². The highest BCUT2D eigenvalue weighted by Crippen LogP contribution is 2.26. The minimum absolute atomic E-state index is 0.0933. The van der Waals surface area contributed by atoms with Crippen LogP contribution in [0.5, 0.6) is 0 Å². The molecule has 106 valence electrons. The maximum Gasteiger partial charge on any atom is 0.255 e. The summed E-state index contributed by atoms with van der Waals surface area (Å²) < 4.78 is 15.5. The molecule has 1 aliphatic heterocycles. The number of nitrogens with zero attached hydrogens (tertiary/aromatic N) is 2. The second kappa shape index (κ2) is 5.46. The molecule has 20 heavy (non-hydrogen) atoms. The summed E-state index contributed by atoms with van der Waals surface area (Å²) in [5.41, 5.74) is 0.454. The van der Waals surface area contributed by atoms with Gasteiger partial charge in [0.2, 0.25) is 11.7 Å². The number of carbonyl (C=O) groups is 1. The third-order valence-electron chi connectivity index (χ3n) is 3.18. The quantitative estimate of drug-likeness (QED) is 0.919. The summed E-state index contributed by atoms with van der Waals surface area (Å²) in [5.74, 6) is 0.664. The van der Waals surface area contributed by atoms with Crippen LogP contribution in [0.4, 0.5) is 0 Å². The van der Waals surface area contributed by atoms with E-state index in [1.54, 1.807) is 13.0 Å². The van der Waals surface area contributed by atoms with Crippen molar-refractivity contribution >= 4 is 5.91 Å². The van der Waals surface area contributed by atoms with E-state index in [-0.39, 0.29) is 18.1 Å². The SMILES string of the molecule is C[C@H](NC(=O)c1ccoc1)c1nc([C@@H]2CCCO2)no1. The van der Waals surface area contributed by atoms with Gasteiger partial charge in [-0.2, -0.15) is 4.98 Å². The van der Waals surface area contributed by atoms with Gasteiger partial charge < -0.3 is 19.0 Å². The number of hydrogen-bond acceptors (Lipinski definition) is 6. The molecule has 1 N–H and O–H groups in total. The van der Waals surface area contributed by atoms with Crippen molar-refractivity contribution in [3.63, 3.8) is 0 Å². The van der Waals surface area contributed by atoms with Crippen molar-refractivity contribution in [2.45, 2.75) is 31.9 Å². The van der Waals surface area contributed by atoms with E-state index in [9.17, 15) is 4.79 Å². The summed E-state index contributed by atoms with van der Waals surface area (Å²) in [6, 6.07) is 1.22. The van der Waals surface area contributed by atoms with Crippen LogP contribution in [0.2, 0.25) is 0 Å². The molecule has 0 radical (unpaired) electrons. The lowest BCUT2D eigenvalue weighted by atomic mass is 10.2. The van der Waals surface area contributed by atoms with Crippen molar-refractivity contribution in [2.75, 3.05) is 6.61 Å². The highest BCUT2D eigenvalue weighted by molar-refractivity contribution is 5.93. The summed E-state index contributed by atoms with van der Waals surface area (Å²) in [5, 5.41) is 6.67. The van der Waals surface area contributed by atoms with Crippen molar-refractivity contribution in [3.05, 3.63) is 35.9 Å². The molecule has 0 aromatic carbocycles. The first-order valence-electron chi connectivity index (χ1n) is 6.52. The van der Waals surface area contributed by atoms with E-state index in [1.807, 2.05) is 0 Å². The van der Waals surface area contributed by atoms with Gasteiger partial charge in [0.15, 0.2) is 0 Å². The molecular weight excluding hydrogens is 262 g/mol. The number of ether oxygens (including phenoxy) is 1. The molecule has 3 heterocycles. The molecule has 2 atom stereocenters. The molecule has 7 nitrogen and oxygen atoms in total. The lowest BCUT2D eigenvalue weighted by Crippen LogP contribution is -2.26.